The van der Waals surface area contributed by atoms with E-state index in [4.69, 9.17) is 4.74 Å². The summed E-state index contributed by atoms with van der Waals surface area (Å²) in [5, 5.41) is 0. The van der Waals surface area contributed by atoms with Gasteiger partial charge >= 0.3 is 6.01 Å². The molecule has 2 rings (SSSR count). The molecule has 0 unspecified atom stereocenters. The van der Waals surface area contributed by atoms with Crippen molar-refractivity contribution in [1.82, 2.24) is 19.9 Å². The van der Waals surface area contributed by atoms with Crippen LogP contribution in [0.3, 0.4) is 0 Å². The van der Waals surface area contributed by atoms with Gasteiger partial charge in [0.25, 0.3) is 0 Å². The van der Waals surface area contributed by atoms with Crippen molar-refractivity contribution in [2.45, 2.75) is 33.4 Å². The summed E-state index contributed by atoms with van der Waals surface area (Å²) in [5.41, 5.74) is 1.05. The molecule has 2 heterocycles. The van der Waals surface area contributed by atoms with E-state index in [1.807, 2.05) is 19.2 Å². The molecule has 0 aliphatic carbocycles. The molecular weight excluding hydrogens is 242 g/mol. The maximum atomic E-state index is 5.34. The molecule has 6 heteroatoms. The van der Waals surface area contributed by atoms with Crippen LogP contribution in [0.25, 0.3) is 0 Å². The third-order valence-corrected chi connectivity index (χ3v) is 2.71. The third-order valence-electron chi connectivity index (χ3n) is 2.71. The van der Waals surface area contributed by atoms with E-state index < -0.39 is 0 Å². The van der Waals surface area contributed by atoms with Gasteiger partial charge in [0.1, 0.15) is 5.82 Å². The molecule has 0 aliphatic rings. The van der Waals surface area contributed by atoms with E-state index in [2.05, 4.69) is 38.7 Å². The van der Waals surface area contributed by atoms with Crippen molar-refractivity contribution in [1.29, 1.82) is 0 Å². The minimum atomic E-state index is 0.313. The van der Waals surface area contributed by atoms with Crippen LogP contribution in [-0.4, -0.2) is 32.6 Å². The predicted octanol–water partition coefficient (Wildman–Crippen LogP) is 2.01. The molecule has 2 aromatic heterocycles. The van der Waals surface area contributed by atoms with Crippen LogP contribution in [0, 0.1) is 0 Å². The van der Waals surface area contributed by atoms with Gasteiger partial charge in [0, 0.05) is 18.4 Å². The zero-order chi connectivity index (χ0) is 13.7. The first-order valence-electron chi connectivity index (χ1n) is 6.40. The molecule has 0 atom stereocenters. The number of hydrogen-bond acceptors (Lipinski definition) is 5. The van der Waals surface area contributed by atoms with E-state index in [1.165, 1.54) is 0 Å². The van der Waals surface area contributed by atoms with Crippen molar-refractivity contribution in [2.75, 3.05) is 11.5 Å². The number of ether oxygens (including phenoxy) is 1. The monoisotopic (exact) mass is 261 g/mol. The quantitative estimate of drug-likeness (QED) is 0.861. The fourth-order valence-corrected chi connectivity index (χ4v) is 1.77. The molecular formula is C13H19N5O. The van der Waals surface area contributed by atoms with Gasteiger partial charge in [-0.3, -0.25) is 0 Å². The summed E-state index contributed by atoms with van der Waals surface area (Å²) in [6.45, 7) is 7.45. The minimum Gasteiger partial charge on any atom is -0.464 e. The van der Waals surface area contributed by atoms with E-state index in [-0.39, 0.29) is 0 Å². The lowest BCUT2D eigenvalue weighted by atomic mass is 10.3. The van der Waals surface area contributed by atoms with Gasteiger partial charge in [-0.25, -0.2) is 9.97 Å². The number of H-pyrrole nitrogens is 1. The van der Waals surface area contributed by atoms with Gasteiger partial charge < -0.3 is 14.6 Å². The summed E-state index contributed by atoms with van der Waals surface area (Å²) in [5.74, 6) is 0.850. The SMILES string of the molecule is CCOc1nccc(N(Cc2cnc[nH]2)C(C)C)n1. The molecule has 2 aromatic rings. The molecule has 0 bridgehead atoms. The van der Waals surface area contributed by atoms with Crippen LogP contribution < -0.4 is 9.64 Å². The first-order chi connectivity index (χ1) is 9.20. The number of nitrogens with zero attached hydrogens (tertiary/aromatic N) is 4. The Morgan fingerprint density at radius 2 is 2.26 bits per heavy atom. The Labute approximate surface area is 112 Å². The number of aromatic nitrogens is 4. The summed E-state index contributed by atoms with van der Waals surface area (Å²) in [7, 11) is 0. The van der Waals surface area contributed by atoms with Crippen LogP contribution in [0.2, 0.25) is 0 Å². The van der Waals surface area contributed by atoms with Crippen LogP contribution in [0.15, 0.2) is 24.8 Å². The Morgan fingerprint density at radius 3 is 2.89 bits per heavy atom. The zero-order valence-electron chi connectivity index (χ0n) is 11.5. The highest BCUT2D eigenvalue weighted by atomic mass is 16.5. The lowest BCUT2D eigenvalue weighted by Crippen LogP contribution is -2.31. The Hall–Kier alpha value is -2.11. The highest BCUT2D eigenvalue weighted by molar-refractivity contribution is 5.39. The summed E-state index contributed by atoms with van der Waals surface area (Å²) in [4.78, 5) is 17.8. The molecule has 0 fully saturated rings. The van der Waals surface area contributed by atoms with E-state index in [1.54, 1.807) is 12.5 Å². The third kappa shape index (κ3) is 3.43. The second-order valence-corrected chi connectivity index (χ2v) is 4.43. The standard InChI is InChI=1S/C13H19N5O/c1-4-19-13-15-6-5-12(17-13)18(10(2)3)8-11-7-14-9-16-11/h5-7,9-10H,4,8H2,1-3H3,(H,14,16). The molecule has 102 valence electrons. The number of aromatic amines is 1. The topological polar surface area (TPSA) is 66.9 Å². The Bertz CT molecular complexity index is 497. The largest absolute Gasteiger partial charge is 0.464 e. The molecule has 6 nitrogen and oxygen atoms in total. The maximum absolute atomic E-state index is 5.34. The van der Waals surface area contributed by atoms with Gasteiger partial charge in [-0.1, -0.05) is 0 Å². The average Bonchev–Trinajstić information content (AvgIpc) is 2.89. The Balaban J connectivity index is 2.20. The summed E-state index contributed by atoms with van der Waals surface area (Å²) < 4.78 is 5.34. The Morgan fingerprint density at radius 1 is 1.42 bits per heavy atom. The van der Waals surface area contributed by atoms with Gasteiger partial charge in [-0.15, -0.1) is 0 Å². The highest BCUT2D eigenvalue weighted by Crippen LogP contribution is 2.18. The van der Waals surface area contributed by atoms with Gasteiger partial charge in [0.15, 0.2) is 0 Å². The van der Waals surface area contributed by atoms with Gasteiger partial charge in [-0.05, 0) is 26.8 Å². The zero-order valence-corrected chi connectivity index (χ0v) is 11.5. The average molecular weight is 261 g/mol. The van der Waals surface area contributed by atoms with Crippen molar-refractivity contribution in [3.05, 3.63) is 30.5 Å². The maximum Gasteiger partial charge on any atom is 0.318 e. The smallest absolute Gasteiger partial charge is 0.318 e. The lowest BCUT2D eigenvalue weighted by molar-refractivity contribution is 0.312. The number of imidazole rings is 1. The van der Waals surface area contributed by atoms with Crippen molar-refractivity contribution >= 4 is 5.82 Å². The number of hydrogen-bond donors (Lipinski definition) is 1. The van der Waals surface area contributed by atoms with E-state index in [0.717, 1.165) is 18.1 Å². The molecule has 0 radical (unpaired) electrons. The van der Waals surface area contributed by atoms with Crippen molar-refractivity contribution in [3.63, 3.8) is 0 Å². The van der Waals surface area contributed by atoms with Crippen molar-refractivity contribution in [3.8, 4) is 6.01 Å². The second-order valence-electron chi connectivity index (χ2n) is 4.43. The second kappa shape index (κ2) is 6.17. The Kier molecular flexibility index (Phi) is 4.33. The van der Waals surface area contributed by atoms with Crippen molar-refractivity contribution in [2.24, 2.45) is 0 Å². The summed E-state index contributed by atoms with van der Waals surface area (Å²) in [6.07, 6.45) is 5.22. The number of anilines is 1. The summed E-state index contributed by atoms with van der Waals surface area (Å²) >= 11 is 0. The molecule has 19 heavy (non-hydrogen) atoms. The molecule has 1 N–H and O–H groups in total. The van der Waals surface area contributed by atoms with Crippen LogP contribution >= 0.6 is 0 Å². The minimum absolute atomic E-state index is 0.313. The predicted molar refractivity (Wildman–Crippen MR) is 73.1 cm³/mol. The van der Waals surface area contributed by atoms with Crippen LogP contribution in [0.1, 0.15) is 26.5 Å². The van der Waals surface area contributed by atoms with Crippen LogP contribution in [-0.2, 0) is 6.54 Å². The first kappa shape index (κ1) is 13.3. The molecule has 0 saturated heterocycles. The molecule has 0 aliphatic heterocycles. The molecule has 0 aromatic carbocycles. The van der Waals surface area contributed by atoms with Crippen molar-refractivity contribution < 1.29 is 4.74 Å². The number of nitrogens with one attached hydrogen (secondary N) is 1. The highest BCUT2D eigenvalue weighted by Gasteiger charge is 2.14. The molecule has 0 saturated carbocycles. The van der Waals surface area contributed by atoms with Gasteiger partial charge in [0.05, 0.1) is 25.2 Å². The normalized spacial score (nSPS) is 10.7. The number of rotatable bonds is 6. The van der Waals surface area contributed by atoms with E-state index in [9.17, 15) is 0 Å². The van der Waals surface area contributed by atoms with Gasteiger partial charge in [0.2, 0.25) is 0 Å². The fourth-order valence-electron chi connectivity index (χ4n) is 1.77. The first-order valence-corrected chi connectivity index (χ1v) is 6.40. The molecule has 0 spiro atoms. The van der Waals surface area contributed by atoms with Crippen LogP contribution in [0.4, 0.5) is 5.82 Å². The van der Waals surface area contributed by atoms with E-state index in [0.29, 0.717) is 18.7 Å². The lowest BCUT2D eigenvalue weighted by Gasteiger charge is -2.27. The fraction of sp³-hybridized carbons (Fsp3) is 0.462. The summed E-state index contributed by atoms with van der Waals surface area (Å²) in [6, 6.07) is 2.61. The molecule has 0 amide bonds. The van der Waals surface area contributed by atoms with Gasteiger partial charge in [-0.2, -0.15) is 4.98 Å². The van der Waals surface area contributed by atoms with E-state index >= 15 is 0 Å². The van der Waals surface area contributed by atoms with Crippen LogP contribution in [0.5, 0.6) is 6.01 Å².